The van der Waals surface area contributed by atoms with Crippen molar-refractivity contribution in [3.63, 3.8) is 0 Å². The molecule has 0 aliphatic heterocycles. The van der Waals surface area contributed by atoms with Gasteiger partial charge < -0.3 is 19.5 Å². The van der Waals surface area contributed by atoms with Crippen LogP contribution in [0.4, 0.5) is 5.69 Å². The predicted octanol–water partition coefficient (Wildman–Crippen LogP) is 6.71. The van der Waals surface area contributed by atoms with E-state index in [1.807, 2.05) is 67.6 Å². The predicted molar refractivity (Wildman–Crippen MR) is 148 cm³/mol. The highest BCUT2D eigenvalue weighted by molar-refractivity contribution is 6.09. The molecule has 190 valence electrons. The molecule has 0 saturated carbocycles. The molecule has 0 spiro atoms. The lowest BCUT2D eigenvalue weighted by atomic mass is 10.1. The number of benzene rings is 4. The lowest BCUT2D eigenvalue weighted by molar-refractivity contribution is -0.112. The maximum absolute atomic E-state index is 12.9. The van der Waals surface area contributed by atoms with Gasteiger partial charge in [-0.1, -0.05) is 60.2 Å². The molecule has 0 aliphatic carbocycles. The van der Waals surface area contributed by atoms with Crippen molar-refractivity contribution in [2.75, 3.05) is 12.4 Å². The smallest absolute Gasteiger partial charge is 0.266 e. The molecule has 1 N–H and O–H groups in total. The van der Waals surface area contributed by atoms with E-state index in [4.69, 9.17) is 14.2 Å². The van der Waals surface area contributed by atoms with E-state index in [2.05, 4.69) is 5.32 Å². The van der Waals surface area contributed by atoms with Crippen molar-refractivity contribution >= 4 is 17.7 Å². The molecule has 4 aromatic rings. The summed E-state index contributed by atoms with van der Waals surface area (Å²) in [6.45, 7) is 2.82. The third-order valence-corrected chi connectivity index (χ3v) is 5.76. The largest absolute Gasteiger partial charge is 0.497 e. The average molecular weight is 505 g/mol. The summed E-state index contributed by atoms with van der Waals surface area (Å²) in [5, 5.41) is 12.5. The maximum atomic E-state index is 12.9. The van der Waals surface area contributed by atoms with Gasteiger partial charge in [-0.05, 0) is 60.5 Å². The van der Waals surface area contributed by atoms with Crippen LogP contribution >= 0.6 is 0 Å². The number of hydrogen-bond donors (Lipinski definition) is 1. The first-order valence-corrected chi connectivity index (χ1v) is 12.1. The number of nitriles is 1. The summed E-state index contributed by atoms with van der Waals surface area (Å²) in [4.78, 5) is 12.9. The first kappa shape index (κ1) is 26.1. The van der Waals surface area contributed by atoms with Crippen LogP contribution in [0, 0.1) is 18.3 Å². The lowest BCUT2D eigenvalue weighted by Crippen LogP contribution is -2.13. The molecule has 0 atom stereocenters. The van der Waals surface area contributed by atoms with E-state index in [0.29, 0.717) is 41.7 Å². The molecular formula is C32H28N2O4. The number of nitrogens with one attached hydrogen (secondary N) is 1. The van der Waals surface area contributed by atoms with Gasteiger partial charge in [0.25, 0.3) is 5.91 Å². The van der Waals surface area contributed by atoms with E-state index in [1.54, 1.807) is 49.6 Å². The molecule has 6 heteroatoms. The van der Waals surface area contributed by atoms with Gasteiger partial charge >= 0.3 is 0 Å². The van der Waals surface area contributed by atoms with Gasteiger partial charge in [-0.3, -0.25) is 4.79 Å². The molecule has 0 fully saturated rings. The molecule has 4 rings (SSSR count). The Morgan fingerprint density at radius 1 is 0.842 bits per heavy atom. The van der Waals surface area contributed by atoms with Gasteiger partial charge in [-0.25, -0.2) is 0 Å². The van der Waals surface area contributed by atoms with Gasteiger partial charge in [0.2, 0.25) is 0 Å². The Kier molecular flexibility index (Phi) is 8.77. The first-order valence-electron chi connectivity index (χ1n) is 12.1. The van der Waals surface area contributed by atoms with Crippen molar-refractivity contribution < 1.29 is 19.0 Å². The van der Waals surface area contributed by atoms with E-state index in [-0.39, 0.29) is 5.57 Å². The number of carbonyl (C=O) groups is 1. The highest BCUT2D eigenvalue weighted by Gasteiger charge is 2.13. The minimum atomic E-state index is -0.523. The van der Waals surface area contributed by atoms with Gasteiger partial charge in [-0.2, -0.15) is 5.26 Å². The van der Waals surface area contributed by atoms with Crippen LogP contribution < -0.4 is 19.5 Å². The summed E-state index contributed by atoms with van der Waals surface area (Å²) < 4.78 is 17.2. The number of carbonyl (C=O) groups excluding carboxylic acids is 1. The number of ether oxygens (including phenoxy) is 3. The van der Waals surface area contributed by atoms with Crippen LogP contribution in [0.5, 0.6) is 17.2 Å². The second-order valence-electron chi connectivity index (χ2n) is 8.60. The van der Waals surface area contributed by atoms with Crippen molar-refractivity contribution in [1.82, 2.24) is 0 Å². The van der Waals surface area contributed by atoms with Crippen LogP contribution in [0.25, 0.3) is 6.08 Å². The van der Waals surface area contributed by atoms with Crippen molar-refractivity contribution in [3.8, 4) is 23.3 Å². The Hall–Kier alpha value is -5.02. The standard InChI is InChI=1S/C32H28N2O4/c1-23-8-10-25(11-9-23)21-37-29-16-13-28(14-17-29)34-32(35)27(20-33)18-26-12-15-30(36-2)19-31(26)38-22-24-6-4-3-5-7-24/h3-19H,21-22H2,1-2H3,(H,34,35)/b27-18+. The summed E-state index contributed by atoms with van der Waals surface area (Å²) in [6, 6.07) is 32.1. The number of methoxy groups -OCH3 is 1. The summed E-state index contributed by atoms with van der Waals surface area (Å²) in [5.74, 6) is 1.27. The molecule has 0 bridgehead atoms. The fourth-order valence-corrected chi connectivity index (χ4v) is 3.61. The van der Waals surface area contributed by atoms with E-state index in [9.17, 15) is 10.1 Å². The van der Waals surface area contributed by atoms with Crippen LogP contribution in [-0.2, 0) is 18.0 Å². The number of nitrogens with zero attached hydrogens (tertiary/aromatic N) is 1. The van der Waals surface area contributed by atoms with Crippen LogP contribution in [-0.4, -0.2) is 13.0 Å². The van der Waals surface area contributed by atoms with E-state index in [0.717, 1.165) is 11.1 Å². The zero-order valence-corrected chi connectivity index (χ0v) is 21.3. The zero-order chi connectivity index (χ0) is 26.7. The topological polar surface area (TPSA) is 80.6 Å². The molecule has 0 aromatic heterocycles. The molecule has 0 aliphatic rings. The fraction of sp³-hybridized carbons (Fsp3) is 0.125. The van der Waals surface area contributed by atoms with Gasteiger partial charge in [0.15, 0.2) is 0 Å². The molecule has 6 nitrogen and oxygen atoms in total. The minimum absolute atomic E-state index is 0.0561. The lowest BCUT2D eigenvalue weighted by Gasteiger charge is -2.12. The summed E-state index contributed by atoms with van der Waals surface area (Å²) in [7, 11) is 1.57. The molecule has 0 saturated heterocycles. The second kappa shape index (κ2) is 12.8. The Labute approximate surface area is 222 Å². The number of hydrogen-bond acceptors (Lipinski definition) is 5. The van der Waals surface area contributed by atoms with Crippen molar-refractivity contribution in [2.45, 2.75) is 20.1 Å². The first-order chi connectivity index (χ1) is 18.5. The minimum Gasteiger partial charge on any atom is -0.497 e. The Morgan fingerprint density at radius 2 is 1.50 bits per heavy atom. The monoisotopic (exact) mass is 504 g/mol. The number of aryl methyl sites for hydroxylation is 1. The van der Waals surface area contributed by atoms with E-state index < -0.39 is 5.91 Å². The molecule has 0 unspecified atom stereocenters. The summed E-state index contributed by atoms with van der Waals surface area (Å²) in [5.41, 5.74) is 4.35. The molecule has 0 radical (unpaired) electrons. The van der Waals surface area contributed by atoms with Crippen LogP contribution in [0.15, 0.2) is 103 Å². The highest BCUT2D eigenvalue weighted by atomic mass is 16.5. The average Bonchev–Trinajstić information content (AvgIpc) is 2.96. The van der Waals surface area contributed by atoms with Crippen molar-refractivity contribution in [3.05, 3.63) is 125 Å². The quantitative estimate of drug-likeness (QED) is 0.192. The Morgan fingerprint density at radius 3 is 2.18 bits per heavy atom. The summed E-state index contributed by atoms with van der Waals surface area (Å²) in [6.07, 6.45) is 1.51. The molecule has 4 aromatic carbocycles. The summed E-state index contributed by atoms with van der Waals surface area (Å²) >= 11 is 0. The number of rotatable bonds is 10. The molecule has 38 heavy (non-hydrogen) atoms. The molecule has 0 heterocycles. The Bertz CT molecular complexity index is 1440. The number of anilines is 1. The molecule has 1 amide bonds. The van der Waals surface area contributed by atoms with Crippen molar-refractivity contribution in [1.29, 1.82) is 5.26 Å². The third kappa shape index (κ3) is 7.25. The highest BCUT2D eigenvalue weighted by Crippen LogP contribution is 2.28. The fourth-order valence-electron chi connectivity index (χ4n) is 3.61. The third-order valence-electron chi connectivity index (χ3n) is 5.76. The van der Waals surface area contributed by atoms with E-state index >= 15 is 0 Å². The van der Waals surface area contributed by atoms with Gasteiger partial charge in [-0.15, -0.1) is 0 Å². The van der Waals surface area contributed by atoms with Crippen LogP contribution in [0.1, 0.15) is 22.3 Å². The Balaban J connectivity index is 1.43. The molecular weight excluding hydrogens is 476 g/mol. The van der Waals surface area contributed by atoms with Gasteiger partial charge in [0, 0.05) is 17.3 Å². The zero-order valence-electron chi connectivity index (χ0n) is 21.3. The second-order valence-corrected chi connectivity index (χ2v) is 8.60. The van der Waals surface area contributed by atoms with Gasteiger partial charge in [0.05, 0.1) is 7.11 Å². The van der Waals surface area contributed by atoms with Crippen LogP contribution in [0.2, 0.25) is 0 Å². The normalized spacial score (nSPS) is 10.8. The SMILES string of the molecule is COc1ccc(/C=C(\C#N)C(=O)Nc2ccc(OCc3ccc(C)cc3)cc2)c(OCc2ccccc2)c1. The van der Waals surface area contributed by atoms with Gasteiger partial charge in [0.1, 0.15) is 42.1 Å². The number of amides is 1. The van der Waals surface area contributed by atoms with Crippen molar-refractivity contribution in [2.24, 2.45) is 0 Å². The van der Waals surface area contributed by atoms with Crippen LogP contribution in [0.3, 0.4) is 0 Å². The van der Waals surface area contributed by atoms with E-state index in [1.165, 1.54) is 11.6 Å². The maximum Gasteiger partial charge on any atom is 0.266 e.